The number of nitriles is 1. The molecule has 66 valence electrons. The predicted molar refractivity (Wildman–Crippen MR) is 37.8 cm³/mol. The van der Waals surface area contributed by atoms with Gasteiger partial charge in [-0.3, -0.25) is 9.59 Å². The first-order chi connectivity index (χ1) is 5.65. The topological polar surface area (TPSA) is 76.4 Å². The lowest BCUT2D eigenvalue weighted by Crippen LogP contribution is -2.18. The molecule has 0 radical (unpaired) electrons. The maximum absolute atomic E-state index is 10.7. The Morgan fingerprint density at radius 1 is 1.42 bits per heavy atom. The summed E-state index contributed by atoms with van der Waals surface area (Å²) in [7, 11) is 2.35. The molecule has 0 aromatic rings. The molecule has 0 rings (SSSR count). The summed E-state index contributed by atoms with van der Waals surface area (Å²) in [6.07, 6.45) is -0.264. The van der Waals surface area contributed by atoms with Gasteiger partial charge in [-0.25, -0.2) is 0 Å². The van der Waals surface area contributed by atoms with E-state index in [-0.39, 0.29) is 6.42 Å². The second-order valence-corrected chi connectivity index (χ2v) is 1.99. The average molecular weight is 171 g/mol. The van der Waals surface area contributed by atoms with Crippen molar-refractivity contribution in [1.82, 2.24) is 0 Å². The van der Waals surface area contributed by atoms with Crippen LogP contribution < -0.4 is 0 Å². The van der Waals surface area contributed by atoms with Gasteiger partial charge in [0, 0.05) is 0 Å². The zero-order valence-corrected chi connectivity index (χ0v) is 6.86. The Kier molecular flexibility index (Phi) is 4.46. The van der Waals surface area contributed by atoms with Crippen LogP contribution in [0, 0.1) is 17.2 Å². The Hall–Kier alpha value is -1.57. The molecular weight excluding hydrogens is 162 g/mol. The highest BCUT2D eigenvalue weighted by atomic mass is 16.5. The number of carbonyl (C=O) groups excluding carboxylic acids is 2. The minimum atomic E-state index is -1.07. The van der Waals surface area contributed by atoms with Crippen LogP contribution in [0.15, 0.2) is 0 Å². The van der Waals surface area contributed by atoms with Crippen molar-refractivity contribution in [2.24, 2.45) is 5.92 Å². The summed E-state index contributed by atoms with van der Waals surface area (Å²) >= 11 is 0. The molecule has 1 atom stereocenters. The van der Waals surface area contributed by atoms with Gasteiger partial charge in [-0.15, -0.1) is 0 Å². The van der Waals surface area contributed by atoms with E-state index in [2.05, 4.69) is 9.47 Å². The molecule has 0 spiro atoms. The highest BCUT2D eigenvalue weighted by Crippen LogP contribution is 2.04. The molecule has 0 aliphatic carbocycles. The molecule has 0 aliphatic rings. The maximum Gasteiger partial charge on any atom is 0.323 e. The van der Waals surface area contributed by atoms with Gasteiger partial charge >= 0.3 is 11.9 Å². The highest BCUT2D eigenvalue weighted by Gasteiger charge is 2.22. The minimum Gasteiger partial charge on any atom is -0.469 e. The van der Waals surface area contributed by atoms with E-state index in [1.54, 1.807) is 6.07 Å². The Bertz CT molecular complexity index is 218. The van der Waals surface area contributed by atoms with Crippen LogP contribution in [0.5, 0.6) is 0 Å². The Morgan fingerprint density at radius 2 is 2.00 bits per heavy atom. The van der Waals surface area contributed by atoms with Crippen LogP contribution in [-0.2, 0) is 19.1 Å². The van der Waals surface area contributed by atoms with Gasteiger partial charge in [0.15, 0.2) is 5.92 Å². The molecule has 12 heavy (non-hydrogen) atoms. The highest BCUT2D eigenvalue weighted by molar-refractivity contribution is 5.81. The molecule has 0 heterocycles. The zero-order chi connectivity index (χ0) is 9.56. The molecule has 5 heteroatoms. The number of hydrogen-bond acceptors (Lipinski definition) is 5. The van der Waals surface area contributed by atoms with Gasteiger partial charge in [-0.2, -0.15) is 5.26 Å². The molecule has 0 fully saturated rings. The van der Waals surface area contributed by atoms with Crippen molar-refractivity contribution in [2.45, 2.75) is 6.42 Å². The first kappa shape index (κ1) is 10.4. The summed E-state index contributed by atoms with van der Waals surface area (Å²) in [6.45, 7) is 0. The van der Waals surface area contributed by atoms with E-state index in [9.17, 15) is 9.59 Å². The number of ether oxygens (including phenoxy) is 2. The number of esters is 2. The van der Waals surface area contributed by atoms with E-state index >= 15 is 0 Å². The van der Waals surface area contributed by atoms with Crippen LogP contribution in [0.2, 0.25) is 0 Å². The summed E-state index contributed by atoms with van der Waals surface area (Å²) in [6, 6.07) is 1.64. The van der Waals surface area contributed by atoms with E-state index in [1.165, 1.54) is 7.11 Å². The van der Waals surface area contributed by atoms with Crippen molar-refractivity contribution in [3.8, 4) is 6.07 Å². The van der Waals surface area contributed by atoms with Crippen LogP contribution in [0.3, 0.4) is 0 Å². The monoisotopic (exact) mass is 171 g/mol. The van der Waals surface area contributed by atoms with Crippen LogP contribution in [0.1, 0.15) is 6.42 Å². The van der Waals surface area contributed by atoms with Crippen molar-refractivity contribution < 1.29 is 19.1 Å². The molecule has 0 aliphatic heterocycles. The number of methoxy groups -OCH3 is 2. The van der Waals surface area contributed by atoms with Crippen LogP contribution in [0.25, 0.3) is 0 Å². The fourth-order valence-electron chi connectivity index (χ4n) is 0.574. The molecule has 0 amide bonds. The largest absolute Gasteiger partial charge is 0.469 e. The Balaban J connectivity index is 4.11. The van der Waals surface area contributed by atoms with Crippen molar-refractivity contribution in [2.75, 3.05) is 14.2 Å². The second-order valence-electron chi connectivity index (χ2n) is 1.99. The molecule has 0 aromatic heterocycles. The first-order valence-corrected chi connectivity index (χ1v) is 3.20. The Morgan fingerprint density at radius 3 is 2.33 bits per heavy atom. The fourth-order valence-corrected chi connectivity index (χ4v) is 0.574. The second kappa shape index (κ2) is 5.13. The minimum absolute atomic E-state index is 0.264. The van der Waals surface area contributed by atoms with Gasteiger partial charge in [-0.05, 0) is 0 Å². The summed E-state index contributed by atoms with van der Waals surface area (Å²) in [5, 5.41) is 8.41. The zero-order valence-electron chi connectivity index (χ0n) is 6.86. The third-order valence-corrected chi connectivity index (χ3v) is 1.24. The van der Waals surface area contributed by atoms with Crippen molar-refractivity contribution in [1.29, 1.82) is 5.26 Å². The van der Waals surface area contributed by atoms with E-state index in [0.29, 0.717) is 0 Å². The molecule has 0 bridgehead atoms. The lowest BCUT2D eigenvalue weighted by molar-refractivity contribution is -0.150. The fraction of sp³-hybridized carbons (Fsp3) is 0.571. The number of carbonyl (C=O) groups is 2. The van der Waals surface area contributed by atoms with Gasteiger partial charge in [-0.1, -0.05) is 0 Å². The van der Waals surface area contributed by atoms with E-state index in [1.807, 2.05) is 0 Å². The molecule has 5 nitrogen and oxygen atoms in total. The quantitative estimate of drug-likeness (QED) is 0.552. The maximum atomic E-state index is 10.7. The summed E-state index contributed by atoms with van der Waals surface area (Å²) < 4.78 is 8.56. The smallest absolute Gasteiger partial charge is 0.323 e. The van der Waals surface area contributed by atoms with E-state index < -0.39 is 17.9 Å². The molecule has 0 saturated carbocycles. The van der Waals surface area contributed by atoms with Crippen molar-refractivity contribution >= 4 is 11.9 Å². The van der Waals surface area contributed by atoms with Gasteiger partial charge in [0.25, 0.3) is 0 Å². The standard InChI is InChI=1S/C7H9NO4/c1-11-6(9)3-5(4-8)7(10)12-2/h5H,3H2,1-2H3/t5-/m1/s1. The lowest BCUT2D eigenvalue weighted by Gasteiger charge is -2.03. The summed E-state index contributed by atoms with van der Waals surface area (Å²) in [5.41, 5.74) is 0. The van der Waals surface area contributed by atoms with Crippen LogP contribution in [0.4, 0.5) is 0 Å². The summed E-state index contributed by atoms with van der Waals surface area (Å²) in [4.78, 5) is 21.4. The first-order valence-electron chi connectivity index (χ1n) is 3.20. The molecule has 0 N–H and O–H groups in total. The van der Waals surface area contributed by atoms with E-state index in [4.69, 9.17) is 5.26 Å². The predicted octanol–water partition coefficient (Wildman–Crippen LogP) is -0.138. The van der Waals surface area contributed by atoms with Crippen molar-refractivity contribution in [3.63, 3.8) is 0 Å². The van der Waals surface area contributed by atoms with Crippen LogP contribution >= 0.6 is 0 Å². The van der Waals surface area contributed by atoms with Crippen LogP contribution in [-0.4, -0.2) is 26.2 Å². The van der Waals surface area contributed by atoms with Gasteiger partial charge in [0.05, 0.1) is 26.7 Å². The number of hydrogen-bond donors (Lipinski definition) is 0. The third kappa shape index (κ3) is 3.01. The molecule has 0 aromatic carbocycles. The van der Waals surface area contributed by atoms with E-state index in [0.717, 1.165) is 7.11 Å². The van der Waals surface area contributed by atoms with Crippen molar-refractivity contribution in [3.05, 3.63) is 0 Å². The lowest BCUT2D eigenvalue weighted by atomic mass is 10.1. The SMILES string of the molecule is COC(=O)C[C@H](C#N)C(=O)OC. The van der Waals surface area contributed by atoms with Gasteiger partial charge in [0.1, 0.15) is 0 Å². The molecule has 0 saturated heterocycles. The summed E-state index contributed by atoms with van der Waals surface area (Å²) in [5.74, 6) is -2.39. The Labute approximate surface area is 69.9 Å². The molecular formula is C7H9NO4. The normalized spacial score (nSPS) is 11.1. The molecule has 0 unspecified atom stereocenters. The average Bonchev–Trinajstić information content (AvgIpc) is 2.12. The van der Waals surface area contributed by atoms with Gasteiger partial charge < -0.3 is 9.47 Å². The number of rotatable bonds is 3. The number of nitrogens with zero attached hydrogens (tertiary/aromatic N) is 1. The third-order valence-electron chi connectivity index (χ3n) is 1.24. The van der Waals surface area contributed by atoms with Gasteiger partial charge in [0.2, 0.25) is 0 Å².